The van der Waals surface area contributed by atoms with Gasteiger partial charge >= 0.3 is 6.09 Å². The zero-order valence-electron chi connectivity index (χ0n) is 18.3. The summed E-state index contributed by atoms with van der Waals surface area (Å²) in [5.41, 5.74) is 1.47. The molecule has 1 spiro atoms. The molecule has 1 N–H and O–H groups in total. The van der Waals surface area contributed by atoms with E-state index in [0.29, 0.717) is 52.5 Å². The van der Waals surface area contributed by atoms with Crippen LogP contribution in [0.1, 0.15) is 12.5 Å². The van der Waals surface area contributed by atoms with E-state index in [1.807, 2.05) is 14.0 Å². The van der Waals surface area contributed by atoms with Crippen LogP contribution in [0.4, 0.5) is 26.4 Å². The van der Waals surface area contributed by atoms with Crippen molar-refractivity contribution in [3.05, 3.63) is 48.0 Å². The number of likely N-dealkylation sites (N-methyl/N-ethyl adjacent to an activating group) is 1. The SMILES string of the molecule is COc1cc2ncnc(Nc3cccc(C)c3F)c2cc1N1CC2(CN(C)[C@H]2C)OC1=O. The summed E-state index contributed by atoms with van der Waals surface area (Å²) in [4.78, 5) is 25.2. The Morgan fingerprint density at radius 2 is 2.09 bits per heavy atom. The zero-order valence-corrected chi connectivity index (χ0v) is 18.3. The molecule has 2 fully saturated rings. The van der Waals surface area contributed by atoms with Crippen LogP contribution in [0.25, 0.3) is 10.9 Å². The van der Waals surface area contributed by atoms with Gasteiger partial charge in [0.25, 0.3) is 0 Å². The number of nitrogens with zero attached hydrogens (tertiary/aromatic N) is 4. The summed E-state index contributed by atoms with van der Waals surface area (Å²) in [7, 11) is 3.55. The van der Waals surface area contributed by atoms with Gasteiger partial charge in [0.1, 0.15) is 23.7 Å². The maximum Gasteiger partial charge on any atom is 0.415 e. The average molecular weight is 437 g/mol. The highest BCUT2D eigenvalue weighted by Gasteiger charge is 2.58. The largest absolute Gasteiger partial charge is 0.494 e. The topological polar surface area (TPSA) is 79.8 Å². The second-order valence-electron chi connectivity index (χ2n) is 8.43. The summed E-state index contributed by atoms with van der Waals surface area (Å²) in [5, 5.41) is 3.70. The number of benzene rings is 2. The van der Waals surface area contributed by atoms with Crippen molar-refractivity contribution in [1.82, 2.24) is 14.9 Å². The molecule has 1 aromatic heterocycles. The average Bonchev–Trinajstić information content (AvgIpc) is 3.14. The number of carbonyl (C=O) groups is 1. The summed E-state index contributed by atoms with van der Waals surface area (Å²) >= 11 is 0. The van der Waals surface area contributed by atoms with Crippen LogP contribution in [-0.2, 0) is 4.74 Å². The lowest BCUT2D eigenvalue weighted by molar-refractivity contribution is -0.108. The minimum atomic E-state index is -0.537. The molecule has 0 bridgehead atoms. The van der Waals surface area contributed by atoms with E-state index in [-0.39, 0.29) is 11.9 Å². The van der Waals surface area contributed by atoms with E-state index in [4.69, 9.17) is 9.47 Å². The Hall–Kier alpha value is -3.46. The van der Waals surface area contributed by atoms with E-state index in [0.717, 1.165) is 0 Å². The molecule has 2 saturated heterocycles. The first-order valence-electron chi connectivity index (χ1n) is 10.4. The third-order valence-electron chi connectivity index (χ3n) is 6.55. The van der Waals surface area contributed by atoms with Crippen molar-refractivity contribution in [3.63, 3.8) is 0 Å². The van der Waals surface area contributed by atoms with Gasteiger partial charge in [-0.25, -0.2) is 19.2 Å². The molecule has 1 amide bonds. The standard InChI is InChI=1S/C23H24FN5O3/c1-13-6-5-7-16(20(13)24)27-21-15-8-18(19(31-4)9-17(15)25-12-26-21)29-11-23(32-22(29)30)10-28(3)14(23)2/h5-9,12,14H,10-11H2,1-4H3,(H,25,26,27)/t14-,23?/m0/s1. The van der Waals surface area contributed by atoms with Crippen LogP contribution in [0.3, 0.4) is 0 Å². The van der Waals surface area contributed by atoms with Crippen LogP contribution in [0.2, 0.25) is 0 Å². The van der Waals surface area contributed by atoms with E-state index >= 15 is 0 Å². The first kappa shape index (κ1) is 20.4. The molecule has 1 unspecified atom stereocenters. The van der Waals surface area contributed by atoms with Crippen LogP contribution < -0.4 is 15.0 Å². The lowest BCUT2D eigenvalue weighted by Gasteiger charge is -2.50. The fourth-order valence-electron chi connectivity index (χ4n) is 4.48. The fraction of sp³-hybridized carbons (Fsp3) is 0.348. The zero-order chi connectivity index (χ0) is 22.6. The number of carbonyl (C=O) groups excluding carboxylic acids is 1. The maximum atomic E-state index is 14.6. The molecule has 9 heteroatoms. The van der Waals surface area contributed by atoms with Crippen LogP contribution in [0.5, 0.6) is 5.75 Å². The number of aryl methyl sites for hydroxylation is 1. The molecule has 166 valence electrons. The number of hydrogen-bond donors (Lipinski definition) is 1. The van der Waals surface area contributed by atoms with Gasteiger partial charge in [-0.15, -0.1) is 0 Å². The minimum absolute atomic E-state index is 0.118. The molecule has 3 heterocycles. The molecule has 2 aliphatic rings. The molecule has 32 heavy (non-hydrogen) atoms. The first-order valence-corrected chi connectivity index (χ1v) is 10.4. The third kappa shape index (κ3) is 3.03. The van der Waals surface area contributed by atoms with Crippen molar-refractivity contribution < 1.29 is 18.7 Å². The third-order valence-corrected chi connectivity index (χ3v) is 6.55. The molecule has 2 aromatic carbocycles. The summed E-state index contributed by atoms with van der Waals surface area (Å²) in [6.45, 7) is 4.84. The highest BCUT2D eigenvalue weighted by molar-refractivity contribution is 6.00. The van der Waals surface area contributed by atoms with E-state index in [1.54, 1.807) is 49.3 Å². The Bertz CT molecular complexity index is 1240. The van der Waals surface area contributed by atoms with E-state index in [1.165, 1.54) is 6.33 Å². The second-order valence-corrected chi connectivity index (χ2v) is 8.43. The number of ether oxygens (including phenoxy) is 2. The maximum absolute atomic E-state index is 14.6. The first-order chi connectivity index (χ1) is 15.3. The number of fused-ring (bicyclic) bond motifs is 1. The van der Waals surface area contributed by atoms with Gasteiger partial charge in [-0.3, -0.25) is 9.80 Å². The quantitative estimate of drug-likeness (QED) is 0.664. The van der Waals surface area contributed by atoms with Crippen LogP contribution in [-0.4, -0.2) is 59.9 Å². The molecule has 2 aliphatic heterocycles. The predicted molar refractivity (Wildman–Crippen MR) is 119 cm³/mol. The van der Waals surface area contributed by atoms with Crippen molar-refractivity contribution in [1.29, 1.82) is 0 Å². The lowest BCUT2D eigenvalue weighted by atomic mass is 9.85. The Morgan fingerprint density at radius 3 is 2.81 bits per heavy atom. The molecule has 5 rings (SSSR count). The number of rotatable bonds is 4. The number of aromatic nitrogens is 2. The normalized spacial score (nSPS) is 22.8. The van der Waals surface area contributed by atoms with Gasteiger partial charge in [0.15, 0.2) is 5.60 Å². The minimum Gasteiger partial charge on any atom is -0.494 e. The number of methoxy groups -OCH3 is 1. The number of anilines is 3. The molecule has 0 radical (unpaired) electrons. The Labute approximate surface area is 185 Å². The van der Waals surface area contributed by atoms with E-state index in [2.05, 4.69) is 20.2 Å². The molecule has 0 aliphatic carbocycles. The molecule has 2 atom stereocenters. The van der Waals surface area contributed by atoms with Gasteiger partial charge in [0, 0.05) is 24.0 Å². The summed E-state index contributed by atoms with van der Waals surface area (Å²) in [6.07, 6.45) is 0.987. The molecule has 8 nitrogen and oxygen atoms in total. The Morgan fingerprint density at radius 1 is 1.28 bits per heavy atom. The lowest BCUT2D eigenvalue weighted by Crippen LogP contribution is -2.68. The van der Waals surface area contributed by atoms with Crippen molar-refractivity contribution >= 4 is 34.2 Å². The summed E-state index contributed by atoms with van der Waals surface area (Å²) < 4.78 is 26.0. The smallest absolute Gasteiger partial charge is 0.415 e. The Kier molecular flexibility index (Phi) is 4.67. The van der Waals surface area contributed by atoms with Crippen molar-refractivity contribution in [3.8, 4) is 5.75 Å². The van der Waals surface area contributed by atoms with Crippen molar-refractivity contribution in [2.75, 3.05) is 37.5 Å². The van der Waals surface area contributed by atoms with Crippen LogP contribution >= 0.6 is 0 Å². The van der Waals surface area contributed by atoms with Gasteiger partial charge in [0.2, 0.25) is 0 Å². The molecular weight excluding hydrogens is 413 g/mol. The number of likely N-dealkylation sites (tertiary alicyclic amines) is 1. The molecular formula is C23H24FN5O3. The number of amides is 1. The molecule has 3 aromatic rings. The van der Waals surface area contributed by atoms with Gasteiger partial charge in [0.05, 0.1) is 30.5 Å². The van der Waals surface area contributed by atoms with Gasteiger partial charge in [-0.2, -0.15) is 0 Å². The fourth-order valence-corrected chi connectivity index (χ4v) is 4.48. The van der Waals surface area contributed by atoms with Gasteiger partial charge < -0.3 is 14.8 Å². The number of halogens is 1. The van der Waals surface area contributed by atoms with E-state index in [9.17, 15) is 9.18 Å². The highest BCUT2D eigenvalue weighted by Crippen LogP contribution is 2.43. The summed E-state index contributed by atoms with van der Waals surface area (Å²) in [5.74, 6) is 0.585. The monoisotopic (exact) mass is 437 g/mol. The number of nitrogens with one attached hydrogen (secondary N) is 1. The summed E-state index contributed by atoms with van der Waals surface area (Å²) in [6, 6.07) is 8.78. The predicted octanol–water partition coefficient (Wildman–Crippen LogP) is 3.86. The Balaban J connectivity index is 1.57. The van der Waals surface area contributed by atoms with Gasteiger partial charge in [-0.1, -0.05) is 12.1 Å². The molecule has 0 saturated carbocycles. The second kappa shape index (κ2) is 7.30. The van der Waals surface area contributed by atoms with Crippen LogP contribution in [0.15, 0.2) is 36.7 Å². The van der Waals surface area contributed by atoms with Crippen molar-refractivity contribution in [2.45, 2.75) is 25.5 Å². The van der Waals surface area contributed by atoms with E-state index < -0.39 is 11.7 Å². The van der Waals surface area contributed by atoms with Crippen LogP contribution in [0, 0.1) is 12.7 Å². The highest BCUT2D eigenvalue weighted by atomic mass is 19.1. The number of hydrogen-bond acceptors (Lipinski definition) is 7. The van der Waals surface area contributed by atoms with Crippen molar-refractivity contribution in [2.24, 2.45) is 0 Å². The van der Waals surface area contributed by atoms with Gasteiger partial charge in [-0.05, 0) is 38.6 Å².